The van der Waals surface area contributed by atoms with Crippen molar-refractivity contribution in [2.45, 2.75) is 39.2 Å². The summed E-state index contributed by atoms with van der Waals surface area (Å²) in [6.07, 6.45) is 1.34. The summed E-state index contributed by atoms with van der Waals surface area (Å²) >= 11 is 1.45. The van der Waals surface area contributed by atoms with Gasteiger partial charge in [0.05, 0.1) is 4.88 Å². The second kappa shape index (κ2) is 9.85. The molecule has 2 aromatic rings. The number of amides is 1. The average Bonchev–Trinajstić information content (AvgIpc) is 3.23. The van der Waals surface area contributed by atoms with Crippen LogP contribution in [0.3, 0.4) is 0 Å². The van der Waals surface area contributed by atoms with Gasteiger partial charge in [0.1, 0.15) is 0 Å². The Morgan fingerprint density at radius 3 is 2.36 bits per heavy atom. The molecule has 1 aromatic carbocycles. The van der Waals surface area contributed by atoms with Crippen molar-refractivity contribution in [3.05, 3.63) is 46.7 Å². The van der Waals surface area contributed by atoms with E-state index in [1.807, 2.05) is 29.6 Å². The van der Waals surface area contributed by atoms with Crippen molar-refractivity contribution < 1.29 is 9.59 Å². The fraction of sp³-hybridized carbons (Fsp3) is 0.455. The zero-order chi connectivity index (χ0) is 19.9. The summed E-state index contributed by atoms with van der Waals surface area (Å²) in [6.45, 7) is 8.71. The molecule has 5 nitrogen and oxygen atoms in total. The lowest BCUT2D eigenvalue weighted by Gasteiger charge is -2.38. The Kier molecular flexibility index (Phi) is 7.23. The Balaban J connectivity index is 1.41. The van der Waals surface area contributed by atoms with Crippen molar-refractivity contribution >= 4 is 34.4 Å². The van der Waals surface area contributed by atoms with Crippen LogP contribution in [0.2, 0.25) is 0 Å². The van der Waals surface area contributed by atoms with Crippen molar-refractivity contribution in [2.75, 3.05) is 36.4 Å². The number of piperazine rings is 1. The Hall–Kier alpha value is -2.18. The van der Waals surface area contributed by atoms with Gasteiger partial charge in [0, 0.05) is 56.4 Å². The van der Waals surface area contributed by atoms with Gasteiger partial charge < -0.3 is 10.2 Å². The largest absolute Gasteiger partial charge is 0.369 e. The summed E-state index contributed by atoms with van der Waals surface area (Å²) in [5.74, 6) is 0.0713. The van der Waals surface area contributed by atoms with E-state index < -0.39 is 0 Å². The number of carbonyl (C=O) groups excluding carboxylic acids is 2. The molecular formula is C22H29N3O2S. The molecule has 28 heavy (non-hydrogen) atoms. The van der Waals surface area contributed by atoms with Gasteiger partial charge in [-0.05, 0) is 56.0 Å². The molecule has 150 valence electrons. The van der Waals surface area contributed by atoms with Crippen molar-refractivity contribution in [1.29, 1.82) is 0 Å². The first-order chi connectivity index (χ1) is 13.5. The van der Waals surface area contributed by atoms with E-state index in [2.05, 4.69) is 41.1 Å². The minimum absolute atomic E-state index is 0.0442. The van der Waals surface area contributed by atoms with E-state index in [-0.39, 0.29) is 11.7 Å². The maximum Gasteiger partial charge on any atom is 0.224 e. The van der Waals surface area contributed by atoms with Gasteiger partial charge in [0.15, 0.2) is 5.78 Å². The molecule has 3 rings (SSSR count). The predicted molar refractivity (Wildman–Crippen MR) is 116 cm³/mol. The molecule has 1 aliphatic heterocycles. The van der Waals surface area contributed by atoms with Gasteiger partial charge in [0.2, 0.25) is 5.91 Å². The topological polar surface area (TPSA) is 52.6 Å². The minimum Gasteiger partial charge on any atom is -0.369 e. The van der Waals surface area contributed by atoms with Gasteiger partial charge in [0.25, 0.3) is 0 Å². The molecule has 2 heterocycles. The summed E-state index contributed by atoms with van der Waals surface area (Å²) in [4.78, 5) is 29.7. The van der Waals surface area contributed by atoms with E-state index >= 15 is 0 Å². The van der Waals surface area contributed by atoms with Gasteiger partial charge in [-0.3, -0.25) is 14.5 Å². The maximum absolute atomic E-state index is 12.1. The van der Waals surface area contributed by atoms with Crippen LogP contribution in [0, 0.1) is 0 Å². The molecule has 0 bridgehead atoms. The maximum atomic E-state index is 12.1. The van der Waals surface area contributed by atoms with E-state index in [4.69, 9.17) is 0 Å². The van der Waals surface area contributed by atoms with Crippen LogP contribution < -0.4 is 10.2 Å². The third kappa shape index (κ3) is 5.66. The van der Waals surface area contributed by atoms with Crippen LogP contribution in [0.4, 0.5) is 11.4 Å². The van der Waals surface area contributed by atoms with E-state index in [0.717, 1.165) is 36.7 Å². The van der Waals surface area contributed by atoms with Crippen LogP contribution in [0.25, 0.3) is 0 Å². The number of nitrogens with zero attached hydrogens (tertiary/aromatic N) is 2. The van der Waals surface area contributed by atoms with Crippen molar-refractivity contribution in [3.63, 3.8) is 0 Å². The standard InChI is InChI=1S/C22H29N3O2S/c1-17(2)24-12-14-25(15-13-24)19-10-8-18(9-11-19)23-22(27)7-3-5-20(26)21-6-4-16-28-21/h4,6,8-11,16-17H,3,5,7,12-15H2,1-2H3,(H,23,27). The Labute approximate surface area is 171 Å². The van der Waals surface area contributed by atoms with Gasteiger partial charge in [-0.15, -0.1) is 11.3 Å². The molecule has 6 heteroatoms. The van der Waals surface area contributed by atoms with Crippen LogP contribution >= 0.6 is 11.3 Å². The van der Waals surface area contributed by atoms with Gasteiger partial charge >= 0.3 is 0 Å². The number of Topliss-reactive ketones (excluding diaryl/α,β-unsaturated/α-hetero) is 1. The number of hydrogen-bond donors (Lipinski definition) is 1. The van der Waals surface area contributed by atoms with Crippen LogP contribution in [-0.4, -0.2) is 48.8 Å². The lowest BCUT2D eigenvalue weighted by Crippen LogP contribution is -2.48. The zero-order valence-electron chi connectivity index (χ0n) is 16.7. The monoisotopic (exact) mass is 399 g/mol. The number of thiophene rings is 1. The summed E-state index contributed by atoms with van der Waals surface area (Å²) in [6, 6.07) is 12.4. The van der Waals surface area contributed by atoms with Crippen molar-refractivity contribution in [1.82, 2.24) is 4.90 Å². The second-order valence-electron chi connectivity index (χ2n) is 7.47. The molecular weight excluding hydrogens is 370 g/mol. The highest BCUT2D eigenvalue weighted by Crippen LogP contribution is 2.20. The minimum atomic E-state index is -0.0442. The second-order valence-corrected chi connectivity index (χ2v) is 8.41. The summed E-state index contributed by atoms with van der Waals surface area (Å²) in [5.41, 5.74) is 2.00. The Morgan fingerprint density at radius 1 is 1.04 bits per heavy atom. The van der Waals surface area contributed by atoms with E-state index in [1.165, 1.54) is 17.0 Å². The Bertz CT molecular complexity index is 764. The van der Waals surface area contributed by atoms with Crippen LogP contribution in [0.5, 0.6) is 0 Å². The summed E-state index contributed by atoms with van der Waals surface area (Å²) in [5, 5.41) is 4.82. The molecule has 1 saturated heterocycles. The van der Waals surface area contributed by atoms with Crippen LogP contribution in [0.15, 0.2) is 41.8 Å². The quantitative estimate of drug-likeness (QED) is 0.674. The predicted octanol–water partition coefficient (Wildman–Crippen LogP) is 4.27. The molecule has 0 saturated carbocycles. The van der Waals surface area contributed by atoms with E-state index in [9.17, 15) is 9.59 Å². The number of ketones is 1. The number of benzene rings is 1. The molecule has 0 unspecified atom stereocenters. The average molecular weight is 400 g/mol. The number of carbonyl (C=O) groups is 2. The highest BCUT2D eigenvalue weighted by atomic mass is 32.1. The van der Waals surface area contributed by atoms with Gasteiger partial charge in [-0.1, -0.05) is 6.07 Å². The molecule has 0 radical (unpaired) electrons. The zero-order valence-corrected chi connectivity index (χ0v) is 17.5. The van der Waals surface area contributed by atoms with Crippen molar-refractivity contribution in [2.24, 2.45) is 0 Å². The number of hydrogen-bond acceptors (Lipinski definition) is 5. The van der Waals surface area contributed by atoms with E-state index in [0.29, 0.717) is 25.3 Å². The van der Waals surface area contributed by atoms with Crippen LogP contribution in [0.1, 0.15) is 42.8 Å². The number of nitrogens with one attached hydrogen (secondary N) is 1. The molecule has 1 aromatic heterocycles. The smallest absolute Gasteiger partial charge is 0.224 e. The first-order valence-electron chi connectivity index (χ1n) is 9.98. The van der Waals surface area contributed by atoms with E-state index in [1.54, 1.807) is 0 Å². The van der Waals surface area contributed by atoms with Crippen molar-refractivity contribution in [3.8, 4) is 0 Å². The fourth-order valence-corrected chi connectivity index (χ4v) is 4.14. The molecule has 0 aliphatic carbocycles. The number of rotatable bonds is 8. The highest BCUT2D eigenvalue weighted by Gasteiger charge is 2.19. The lowest BCUT2D eigenvalue weighted by molar-refractivity contribution is -0.116. The first kappa shape index (κ1) is 20.6. The third-order valence-corrected chi connectivity index (χ3v) is 6.08. The summed E-state index contributed by atoms with van der Waals surface area (Å²) in [7, 11) is 0. The normalized spacial score (nSPS) is 15.0. The lowest BCUT2D eigenvalue weighted by atomic mass is 10.1. The van der Waals surface area contributed by atoms with Gasteiger partial charge in [-0.25, -0.2) is 0 Å². The molecule has 1 N–H and O–H groups in total. The number of anilines is 2. The molecule has 1 aliphatic rings. The molecule has 1 fully saturated rings. The Morgan fingerprint density at radius 2 is 1.75 bits per heavy atom. The molecule has 1 amide bonds. The third-order valence-electron chi connectivity index (χ3n) is 5.16. The first-order valence-corrected chi connectivity index (χ1v) is 10.9. The molecule has 0 atom stereocenters. The highest BCUT2D eigenvalue weighted by molar-refractivity contribution is 7.12. The fourth-order valence-electron chi connectivity index (χ4n) is 3.45. The SMILES string of the molecule is CC(C)N1CCN(c2ccc(NC(=O)CCCC(=O)c3cccs3)cc2)CC1. The van der Waals surface area contributed by atoms with Crippen LogP contribution in [-0.2, 0) is 4.79 Å². The summed E-state index contributed by atoms with van der Waals surface area (Å²) < 4.78 is 0. The van der Waals surface area contributed by atoms with Gasteiger partial charge in [-0.2, -0.15) is 0 Å². The molecule has 0 spiro atoms.